The normalized spacial score (nSPS) is 44.8. The number of aliphatic hydroxyl groups is 2. The Kier molecular flexibility index (Phi) is 5.81. The molecule has 0 amide bonds. The predicted octanol–water partition coefficient (Wildman–Crippen LogP) is 1.98. The highest BCUT2D eigenvalue weighted by atomic mass is 19.1. The number of aryl methyl sites for hydroxylation is 1. The van der Waals surface area contributed by atoms with Crippen LogP contribution in [0.15, 0.2) is 46.9 Å². The first kappa shape index (κ1) is 26.7. The summed E-state index contributed by atoms with van der Waals surface area (Å²) in [5.41, 5.74) is -6.14. The average Bonchev–Trinajstić information content (AvgIpc) is 3.37. The molecule has 1 aromatic rings. The number of rotatable bonds is 4. The molecule has 6 rings (SSSR count). The van der Waals surface area contributed by atoms with E-state index in [1.165, 1.54) is 23.6 Å². The molecule has 9 atom stereocenters. The number of carbonyl (C=O) groups excluding carboxylic acids is 2. The minimum atomic E-state index is -2.26. The zero-order valence-corrected chi connectivity index (χ0v) is 22.3. The highest BCUT2D eigenvalue weighted by Gasteiger charge is 2.79. The van der Waals surface area contributed by atoms with Gasteiger partial charge in [0.15, 0.2) is 22.8 Å². The van der Waals surface area contributed by atoms with E-state index in [0.29, 0.717) is 12.0 Å². The summed E-state index contributed by atoms with van der Waals surface area (Å²) in [6, 6.07) is 3.43. The van der Waals surface area contributed by atoms with Gasteiger partial charge in [-0.3, -0.25) is 19.2 Å². The van der Waals surface area contributed by atoms with E-state index in [0.717, 1.165) is 6.08 Å². The van der Waals surface area contributed by atoms with E-state index in [2.05, 4.69) is 0 Å². The molecule has 1 aliphatic heterocycles. The molecular formula is C29H34F2N2O6. The number of ketones is 2. The minimum Gasteiger partial charge on any atom is -0.390 e. The van der Waals surface area contributed by atoms with Crippen molar-refractivity contribution >= 4 is 11.6 Å². The lowest BCUT2D eigenvalue weighted by atomic mass is 9.44. The Morgan fingerprint density at radius 3 is 2.69 bits per heavy atom. The first-order chi connectivity index (χ1) is 18.3. The number of aromatic nitrogens is 1. The van der Waals surface area contributed by atoms with E-state index in [9.17, 15) is 24.6 Å². The van der Waals surface area contributed by atoms with Crippen LogP contribution in [0.3, 0.4) is 0 Å². The zero-order valence-electron chi connectivity index (χ0n) is 22.3. The molecule has 2 N–H and O–H groups in total. The lowest BCUT2D eigenvalue weighted by Gasteiger charge is -2.63. The van der Waals surface area contributed by atoms with Crippen molar-refractivity contribution in [2.75, 3.05) is 13.2 Å². The second-order valence-electron chi connectivity index (χ2n) is 12.5. The second-order valence-corrected chi connectivity index (χ2v) is 12.5. The van der Waals surface area contributed by atoms with Crippen molar-refractivity contribution in [2.45, 2.75) is 63.2 Å². The molecule has 1 saturated heterocycles. The molecule has 0 aromatic carbocycles. The molecule has 2 heterocycles. The van der Waals surface area contributed by atoms with Gasteiger partial charge in [0.2, 0.25) is 0 Å². The Balaban J connectivity index is 1.40. The van der Waals surface area contributed by atoms with E-state index >= 15 is 8.78 Å². The van der Waals surface area contributed by atoms with Gasteiger partial charge in [0.1, 0.15) is 12.8 Å². The number of pyridine rings is 1. The van der Waals surface area contributed by atoms with Gasteiger partial charge >= 0.3 is 0 Å². The fourth-order valence-corrected chi connectivity index (χ4v) is 9.00. The summed E-state index contributed by atoms with van der Waals surface area (Å²) < 4.78 is 34.6. The van der Waals surface area contributed by atoms with Gasteiger partial charge < -0.3 is 14.8 Å². The number of Topliss-reactive ketones (excluding diaryl/α,β-unsaturated/α-hetero) is 1. The van der Waals surface area contributed by atoms with Crippen molar-refractivity contribution in [1.29, 1.82) is 0 Å². The van der Waals surface area contributed by atoms with Crippen LogP contribution in [-0.2, 0) is 28.0 Å². The minimum absolute atomic E-state index is 0.0441. The monoisotopic (exact) mass is 544 g/mol. The van der Waals surface area contributed by atoms with E-state index in [4.69, 9.17) is 4.84 Å². The first-order valence-corrected chi connectivity index (χ1v) is 13.5. The predicted molar refractivity (Wildman–Crippen MR) is 136 cm³/mol. The molecule has 5 aliphatic rings. The lowest BCUT2D eigenvalue weighted by Crippen LogP contribution is -2.70. The van der Waals surface area contributed by atoms with Crippen LogP contribution in [0.2, 0.25) is 0 Å². The second kappa shape index (κ2) is 8.49. The highest BCUT2D eigenvalue weighted by Crippen LogP contribution is 2.72. The third-order valence-corrected chi connectivity index (χ3v) is 10.8. The number of fused-ring (bicyclic) bond motifs is 7. The highest BCUT2D eigenvalue weighted by molar-refractivity contribution is 6.01. The molecular weight excluding hydrogens is 510 g/mol. The van der Waals surface area contributed by atoms with Crippen LogP contribution in [0.1, 0.15) is 38.7 Å². The Morgan fingerprint density at radius 2 is 1.97 bits per heavy atom. The quantitative estimate of drug-likeness (QED) is 0.597. The number of aliphatic hydroxyl groups excluding tert-OH is 2. The molecule has 0 bridgehead atoms. The number of hydroxylamine groups is 2. The topological polar surface area (TPSA) is 109 Å². The molecule has 4 aliphatic carbocycles. The zero-order chi connectivity index (χ0) is 28.1. The fraction of sp³-hybridized carbons (Fsp3) is 0.621. The van der Waals surface area contributed by atoms with Crippen LogP contribution in [0.4, 0.5) is 8.78 Å². The Hall–Kier alpha value is -2.53. The van der Waals surface area contributed by atoms with Crippen LogP contribution in [-0.4, -0.2) is 68.1 Å². The van der Waals surface area contributed by atoms with Crippen molar-refractivity contribution in [2.24, 2.45) is 35.6 Å². The van der Waals surface area contributed by atoms with Crippen LogP contribution < -0.4 is 5.56 Å². The SMILES string of the molecule is Cn1cccc(CN2C[C@@H]3C[C@H]4[C@@H]5C[C@H](F)C6=CC(=O)C=C[C@]6(C)[C@@]5(F)[C@@H](O)C[C@]4(C)[C@]3(C(=O)CO)O2)c1=O. The summed E-state index contributed by atoms with van der Waals surface area (Å²) in [4.78, 5) is 44.6. The maximum atomic E-state index is 17.4. The number of allylic oxidation sites excluding steroid dienone is 4. The number of carbonyl (C=O) groups is 2. The number of halogens is 2. The van der Waals surface area contributed by atoms with E-state index < -0.39 is 70.3 Å². The Labute approximate surface area is 224 Å². The fourth-order valence-electron chi connectivity index (χ4n) is 9.00. The molecule has 1 aromatic heterocycles. The molecule has 0 spiro atoms. The van der Waals surface area contributed by atoms with E-state index in [-0.39, 0.29) is 37.1 Å². The van der Waals surface area contributed by atoms with Gasteiger partial charge in [0.25, 0.3) is 5.56 Å². The van der Waals surface area contributed by atoms with Gasteiger partial charge in [-0.05, 0) is 55.9 Å². The van der Waals surface area contributed by atoms with Gasteiger partial charge in [-0.15, -0.1) is 0 Å². The van der Waals surface area contributed by atoms with Gasteiger partial charge in [0.05, 0.1) is 12.6 Å². The summed E-state index contributed by atoms with van der Waals surface area (Å²) in [5.74, 6) is -2.91. The molecule has 210 valence electrons. The largest absolute Gasteiger partial charge is 0.390 e. The van der Waals surface area contributed by atoms with E-state index in [1.54, 1.807) is 37.4 Å². The number of hydrogen-bond donors (Lipinski definition) is 2. The van der Waals surface area contributed by atoms with Crippen LogP contribution in [0.5, 0.6) is 0 Å². The smallest absolute Gasteiger partial charge is 0.254 e. The average molecular weight is 545 g/mol. The van der Waals surface area contributed by atoms with Gasteiger partial charge in [-0.25, -0.2) is 8.78 Å². The standard InChI is InChI=1S/C29H34F2N2O6/c1-26-7-6-18(35)10-21(26)22(30)11-20-19-9-17-14-33(13-16-5-4-8-32(3)25(16)38)39-29(17,24(37)15-34)27(19,2)12-23(36)28(20,26)31/h4-8,10,17,19-20,22-23,34,36H,9,11-15H2,1-3H3/t17-,19-,20-,22-,23-,26-,27-,28-,29-/m0/s1. The molecule has 39 heavy (non-hydrogen) atoms. The molecule has 4 fully saturated rings. The molecule has 8 nitrogen and oxygen atoms in total. The third kappa shape index (κ3) is 3.20. The van der Waals surface area contributed by atoms with Crippen molar-refractivity contribution in [1.82, 2.24) is 9.63 Å². The van der Waals surface area contributed by atoms with Crippen LogP contribution >= 0.6 is 0 Å². The van der Waals surface area contributed by atoms with Crippen molar-refractivity contribution < 1.29 is 33.4 Å². The lowest BCUT2D eigenvalue weighted by molar-refractivity contribution is -0.269. The molecule has 3 saturated carbocycles. The maximum Gasteiger partial charge on any atom is 0.254 e. The van der Waals surface area contributed by atoms with Gasteiger partial charge in [0, 0.05) is 48.0 Å². The van der Waals surface area contributed by atoms with E-state index in [1.807, 2.05) is 0 Å². The van der Waals surface area contributed by atoms with Crippen molar-refractivity contribution in [3.05, 3.63) is 58.0 Å². The number of alkyl halides is 2. The number of hydrogen-bond acceptors (Lipinski definition) is 7. The third-order valence-electron chi connectivity index (χ3n) is 10.8. The van der Waals surface area contributed by atoms with Crippen LogP contribution in [0.25, 0.3) is 0 Å². The van der Waals surface area contributed by atoms with Gasteiger partial charge in [-0.1, -0.05) is 19.1 Å². The van der Waals surface area contributed by atoms with Gasteiger partial charge in [-0.2, -0.15) is 5.06 Å². The van der Waals surface area contributed by atoms with Crippen molar-refractivity contribution in [3.8, 4) is 0 Å². The summed E-state index contributed by atoms with van der Waals surface area (Å²) in [6.45, 7) is 2.88. The van der Waals surface area contributed by atoms with Crippen molar-refractivity contribution in [3.63, 3.8) is 0 Å². The number of nitrogens with zero attached hydrogens (tertiary/aromatic N) is 2. The summed E-state index contributed by atoms with van der Waals surface area (Å²) >= 11 is 0. The van der Waals surface area contributed by atoms with Crippen LogP contribution in [0, 0.1) is 28.6 Å². The summed E-state index contributed by atoms with van der Waals surface area (Å²) in [7, 11) is 1.64. The molecule has 10 heteroatoms. The molecule has 0 radical (unpaired) electrons. The summed E-state index contributed by atoms with van der Waals surface area (Å²) in [5, 5.41) is 23.2. The molecule has 0 unspecified atom stereocenters. The Morgan fingerprint density at radius 1 is 1.23 bits per heavy atom. The summed E-state index contributed by atoms with van der Waals surface area (Å²) in [6.07, 6.45) is 2.21. The first-order valence-electron chi connectivity index (χ1n) is 13.5. The maximum absolute atomic E-state index is 17.4. The Bertz CT molecular complexity index is 1380.